The Balaban J connectivity index is 1.82. The van der Waals surface area contributed by atoms with Crippen LogP contribution in [0.3, 0.4) is 0 Å². The minimum Gasteiger partial charge on any atom is -0.478 e. The zero-order chi connectivity index (χ0) is 14.3. The molecule has 2 heterocycles. The third-order valence-electron chi connectivity index (χ3n) is 4.04. The van der Waals surface area contributed by atoms with Crippen LogP contribution in [0.25, 0.3) is 0 Å². The monoisotopic (exact) mass is 275 g/mol. The van der Waals surface area contributed by atoms with Gasteiger partial charge in [0, 0.05) is 12.2 Å². The maximum Gasteiger partial charge on any atom is 0.335 e. The van der Waals surface area contributed by atoms with Crippen LogP contribution in [0, 0.1) is 5.92 Å². The molecule has 2 aliphatic rings. The first-order valence-electron chi connectivity index (χ1n) is 6.85. The first-order valence-corrected chi connectivity index (χ1v) is 6.85. The van der Waals surface area contributed by atoms with Crippen LogP contribution in [-0.2, 0) is 16.0 Å². The van der Waals surface area contributed by atoms with Crippen molar-refractivity contribution in [1.29, 1.82) is 0 Å². The molecule has 0 saturated carbocycles. The van der Waals surface area contributed by atoms with Gasteiger partial charge in [0.2, 0.25) is 5.91 Å². The van der Waals surface area contributed by atoms with Crippen molar-refractivity contribution in [1.82, 2.24) is 0 Å². The Hall–Kier alpha value is -1.88. The quantitative estimate of drug-likeness (QED) is 0.892. The third-order valence-corrected chi connectivity index (χ3v) is 4.04. The Bertz CT molecular complexity index is 569. The zero-order valence-corrected chi connectivity index (χ0v) is 11.3. The van der Waals surface area contributed by atoms with Crippen molar-refractivity contribution in [2.75, 3.05) is 18.1 Å². The highest BCUT2D eigenvalue weighted by atomic mass is 16.5. The van der Waals surface area contributed by atoms with E-state index in [-0.39, 0.29) is 23.5 Å². The molecule has 1 saturated heterocycles. The molecular weight excluding hydrogens is 258 g/mol. The highest BCUT2D eigenvalue weighted by Crippen LogP contribution is 2.32. The van der Waals surface area contributed by atoms with Crippen LogP contribution in [0.15, 0.2) is 18.2 Å². The number of aromatic carboxylic acids is 1. The van der Waals surface area contributed by atoms with E-state index < -0.39 is 5.97 Å². The standard InChI is InChI=1S/C15H17NO4/c1-9-6-12(8-20-9)14(17)16-5-4-10-7-11(15(18)19)2-3-13(10)16/h2-3,7,9,12H,4-6,8H2,1H3,(H,18,19). The van der Waals surface area contributed by atoms with Gasteiger partial charge >= 0.3 is 5.97 Å². The van der Waals surface area contributed by atoms with Crippen LogP contribution >= 0.6 is 0 Å². The first-order chi connectivity index (χ1) is 9.56. The Morgan fingerprint density at radius 1 is 1.40 bits per heavy atom. The van der Waals surface area contributed by atoms with Gasteiger partial charge < -0.3 is 14.7 Å². The second kappa shape index (κ2) is 4.90. The summed E-state index contributed by atoms with van der Waals surface area (Å²) in [5.74, 6) is -0.915. The molecular formula is C15H17NO4. The van der Waals surface area contributed by atoms with Gasteiger partial charge in [-0.3, -0.25) is 4.79 Å². The number of carboxylic acids is 1. The number of amides is 1. The van der Waals surface area contributed by atoms with Crippen LogP contribution in [-0.4, -0.2) is 36.2 Å². The Morgan fingerprint density at radius 3 is 2.85 bits per heavy atom. The highest BCUT2D eigenvalue weighted by Gasteiger charge is 2.34. The van der Waals surface area contributed by atoms with Crippen LogP contribution < -0.4 is 4.90 Å². The number of carbonyl (C=O) groups is 2. The number of rotatable bonds is 2. The van der Waals surface area contributed by atoms with Gasteiger partial charge in [0.05, 0.1) is 24.2 Å². The molecule has 5 nitrogen and oxygen atoms in total. The maximum atomic E-state index is 12.5. The number of carbonyl (C=O) groups excluding carboxylic acids is 1. The SMILES string of the molecule is CC1CC(C(=O)N2CCc3cc(C(=O)O)ccc32)CO1. The molecule has 2 unspecified atom stereocenters. The number of anilines is 1. The van der Waals surface area contributed by atoms with Crippen molar-refractivity contribution in [3.63, 3.8) is 0 Å². The summed E-state index contributed by atoms with van der Waals surface area (Å²) in [6.07, 6.45) is 1.61. The van der Waals surface area contributed by atoms with E-state index >= 15 is 0 Å². The molecule has 0 radical (unpaired) electrons. The zero-order valence-electron chi connectivity index (χ0n) is 11.3. The molecule has 1 fully saturated rings. The lowest BCUT2D eigenvalue weighted by Gasteiger charge is -2.20. The molecule has 0 aliphatic carbocycles. The number of nitrogens with zero attached hydrogens (tertiary/aromatic N) is 1. The summed E-state index contributed by atoms with van der Waals surface area (Å²) in [5, 5.41) is 9.00. The Labute approximate surface area is 117 Å². The van der Waals surface area contributed by atoms with Gasteiger partial charge in [0.1, 0.15) is 0 Å². The van der Waals surface area contributed by atoms with Crippen LogP contribution in [0.4, 0.5) is 5.69 Å². The average molecular weight is 275 g/mol. The summed E-state index contributed by atoms with van der Waals surface area (Å²) in [4.78, 5) is 25.2. The van der Waals surface area contributed by atoms with Crippen LogP contribution in [0.5, 0.6) is 0 Å². The number of carboxylic acid groups (broad SMARTS) is 1. The van der Waals surface area contributed by atoms with Crippen molar-refractivity contribution < 1.29 is 19.4 Å². The second-order valence-electron chi connectivity index (χ2n) is 5.47. The van der Waals surface area contributed by atoms with Gasteiger partial charge in [0.25, 0.3) is 0 Å². The minimum atomic E-state index is -0.935. The van der Waals surface area contributed by atoms with E-state index in [1.807, 2.05) is 6.92 Å². The van der Waals surface area contributed by atoms with Gasteiger partial charge in [-0.25, -0.2) is 4.79 Å². The van der Waals surface area contributed by atoms with Crippen LogP contribution in [0.2, 0.25) is 0 Å². The van der Waals surface area contributed by atoms with Crippen molar-refractivity contribution in [2.45, 2.75) is 25.9 Å². The summed E-state index contributed by atoms with van der Waals surface area (Å²) in [5.41, 5.74) is 2.06. The lowest BCUT2D eigenvalue weighted by atomic mass is 10.0. The predicted octanol–water partition coefficient (Wildman–Crippen LogP) is 1.70. The Kier molecular flexibility index (Phi) is 3.22. The lowest BCUT2D eigenvalue weighted by Crippen LogP contribution is -2.35. The van der Waals surface area contributed by atoms with Gasteiger partial charge in [-0.05, 0) is 43.5 Å². The van der Waals surface area contributed by atoms with Crippen LogP contribution in [0.1, 0.15) is 29.3 Å². The fourth-order valence-electron chi connectivity index (χ4n) is 2.97. The second-order valence-corrected chi connectivity index (χ2v) is 5.47. The van der Waals surface area contributed by atoms with Gasteiger partial charge in [-0.15, -0.1) is 0 Å². The molecule has 5 heteroatoms. The lowest BCUT2D eigenvalue weighted by molar-refractivity contribution is -0.122. The van der Waals surface area contributed by atoms with Gasteiger partial charge in [-0.2, -0.15) is 0 Å². The van der Waals surface area contributed by atoms with E-state index in [4.69, 9.17) is 9.84 Å². The number of benzene rings is 1. The maximum absolute atomic E-state index is 12.5. The van der Waals surface area contributed by atoms with Gasteiger partial charge in [-0.1, -0.05) is 0 Å². The smallest absolute Gasteiger partial charge is 0.335 e. The predicted molar refractivity (Wildman–Crippen MR) is 73.0 cm³/mol. The van der Waals surface area contributed by atoms with E-state index in [0.29, 0.717) is 19.6 Å². The molecule has 1 N–H and O–H groups in total. The number of hydrogen-bond donors (Lipinski definition) is 1. The number of ether oxygens (including phenoxy) is 1. The van der Waals surface area contributed by atoms with Crippen molar-refractivity contribution >= 4 is 17.6 Å². The first kappa shape index (κ1) is 13.1. The third kappa shape index (κ3) is 2.18. The fourth-order valence-corrected chi connectivity index (χ4v) is 2.97. The highest BCUT2D eigenvalue weighted by molar-refractivity contribution is 5.98. The van der Waals surface area contributed by atoms with E-state index in [1.54, 1.807) is 23.1 Å². The minimum absolute atomic E-state index is 0.0740. The summed E-state index contributed by atoms with van der Waals surface area (Å²) >= 11 is 0. The number of fused-ring (bicyclic) bond motifs is 1. The molecule has 2 aliphatic heterocycles. The average Bonchev–Trinajstić information content (AvgIpc) is 3.03. The van der Waals surface area contributed by atoms with Crippen molar-refractivity contribution in [3.8, 4) is 0 Å². The molecule has 0 bridgehead atoms. The summed E-state index contributed by atoms with van der Waals surface area (Å²) in [6.45, 7) is 3.09. The van der Waals surface area contributed by atoms with Crippen molar-refractivity contribution in [2.24, 2.45) is 5.92 Å². The summed E-state index contributed by atoms with van der Waals surface area (Å²) < 4.78 is 5.46. The largest absolute Gasteiger partial charge is 0.478 e. The summed E-state index contributed by atoms with van der Waals surface area (Å²) in [6, 6.07) is 4.96. The molecule has 1 aromatic carbocycles. The Morgan fingerprint density at radius 2 is 2.20 bits per heavy atom. The topological polar surface area (TPSA) is 66.8 Å². The van der Waals surface area contributed by atoms with E-state index in [0.717, 1.165) is 17.7 Å². The fraction of sp³-hybridized carbons (Fsp3) is 0.467. The normalized spacial score (nSPS) is 24.8. The molecule has 2 atom stereocenters. The van der Waals surface area contributed by atoms with E-state index in [9.17, 15) is 9.59 Å². The van der Waals surface area contributed by atoms with Crippen molar-refractivity contribution in [3.05, 3.63) is 29.3 Å². The summed E-state index contributed by atoms with van der Waals surface area (Å²) in [7, 11) is 0. The molecule has 20 heavy (non-hydrogen) atoms. The molecule has 0 spiro atoms. The van der Waals surface area contributed by atoms with Gasteiger partial charge in [0.15, 0.2) is 0 Å². The number of hydrogen-bond acceptors (Lipinski definition) is 3. The molecule has 106 valence electrons. The molecule has 0 aromatic heterocycles. The molecule has 3 rings (SSSR count). The van der Waals surface area contributed by atoms with E-state index in [1.165, 1.54) is 0 Å². The molecule has 1 aromatic rings. The molecule has 1 amide bonds. The van der Waals surface area contributed by atoms with E-state index in [2.05, 4.69) is 0 Å².